The van der Waals surface area contributed by atoms with E-state index in [1.807, 2.05) is 0 Å². The van der Waals surface area contributed by atoms with Crippen molar-refractivity contribution in [2.24, 2.45) is 0 Å². The molecule has 7 nitrogen and oxygen atoms in total. The predicted octanol–water partition coefficient (Wildman–Crippen LogP) is 4.14. The number of benzene rings is 1. The number of amides is 1. The molecule has 0 aliphatic rings. The smallest absolute Gasteiger partial charge is 0.257 e. The minimum atomic E-state index is -0.255. The van der Waals surface area contributed by atoms with Gasteiger partial charge in [0.15, 0.2) is 0 Å². The van der Waals surface area contributed by atoms with Gasteiger partial charge in [0.1, 0.15) is 17.3 Å². The van der Waals surface area contributed by atoms with Crippen LogP contribution in [0.3, 0.4) is 0 Å². The number of pyridine rings is 2. The molecule has 27 heavy (non-hydrogen) atoms. The highest BCUT2D eigenvalue weighted by Gasteiger charge is 2.11. The largest absolute Gasteiger partial charge is 0.495 e. The summed E-state index contributed by atoms with van der Waals surface area (Å²) in [6.45, 7) is 0. The molecule has 0 spiro atoms. The van der Waals surface area contributed by atoms with Crippen LogP contribution < -0.4 is 20.1 Å². The molecular formula is C19H17ClN4O3. The van der Waals surface area contributed by atoms with Crippen LogP contribution >= 0.6 is 11.6 Å². The number of carbonyl (C=O) groups is 1. The lowest BCUT2D eigenvalue weighted by molar-refractivity contribution is 0.102. The number of nitrogens with zero attached hydrogens (tertiary/aromatic N) is 2. The maximum atomic E-state index is 12.1. The molecule has 2 heterocycles. The number of anilines is 3. The van der Waals surface area contributed by atoms with E-state index in [1.54, 1.807) is 55.9 Å². The molecule has 0 atom stereocenters. The summed E-state index contributed by atoms with van der Waals surface area (Å²) in [6, 6.07) is 10.2. The molecule has 0 fully saturated rings. The summed E-state index contributed by atoms with van der Waals surface area (Å²) in [5.74, 6) is 1.38. The zero-order chi connectivity index (χ0) is 19.2. The van der Waals surface area contributed by atoms with Gasteiger partial charge in [0.05, 0.1) is 42.4 Å². The average Bonchev–Trinajstić information content (AvgIpc) is 2.71. The first-order valence-electron chi connectivity index (χ1n) is 7.96. The monoisotopic (exact) mass is 384 g/mol. The lowest BCUT2D eigenvalue weighted by Gasteiger charge is -2.13. The lowest BCUT2D eigenvalue weighted by Crippen LogP contribution is -2.12. The van der Waals surface area contributed by atoms with Crippen LogP contribution in [-0.4, -0.2) is 30.1 Å². The summed E-state index contributed by atoms with van der Waals surface area (Å²) >= 11 is 6.11. The molecule has 3 rings (SSSR count). The van der Waals surface area contributed by atoms with Gasteiger partial charge in [0, 0.05) is 24.5 Å². The van der Waals surface area contributed by atoms with E-state index in [0.717, 1.165) is 0 Å². The molecule has 8 heteroatoms. The summed E-state index contributed by atoms with van der Waals surface area (Å²) in [5.41, 5.74) is 1.69. The number of hydrogen-bond donors (Lipinski definition) is 2. The second kappa shape index (κ2) is 8.37. The number of carbonyl (C=O) groups excluding carboxylic acids is 1. The summed E-state index contributed by atoms with van der Waals surface area (Å²) in [6.07, 6.45) is 4.66. The molecule has 0 aliphatic carbocycles. The maximum Gasteiger partial charge on any atom is 0.257 e. The van der Waals surface area contributed by atoms with Crippen LogP contribution in [0.25, 0.3) is 0 Å². The number of methoxy groups -OCH3 is 2. The zero-order valence-electron chi connectivity index (χ0n) is 14.7. The fourth-order valence-electron chi connectivity index (χ4n) is 2.34. The van der Waals surface area contributed by atoms with Gasteiger partial charge < -0.3 is 20.1 Å². The van der Waals surface area contributed by atoms with Crippen LogP contribution in [0.5, 0.6) is 11.5 Å². The Hall–Kier alpha value is -3.32. The van der Waals surface area contributed by atoms with E-state index in [4.69, 9.17) is 21.1 Å². The molecule has 3 aromatic rings. The van der Waals surface area contributed by atoms with E-state index in [9.17, 15) is 4.79 Å². The fraction of sp³-hybridized carbons (Fsp3) is 0.105. The Morgan fingerprint density at radius 1 is 1.07 bits per heavy atom. The van der Waals surface area contributed by atoms with Gasteiger partial charge in [0.2, 0.25) is 0 Å². The molecular weight excluding hydrogens is 368 g/mol. The number of aromatic nitrogens is 2. The van der Waals surface area contributed by atoms with Crippen molar-refractivity contribution < 1.29 is 14.3 Å². The van der Waals surface area contributed by atoms with Crippen molar-refractivity contribution in [2.45, 2.75) is 0 Å². The maximum absolute atomic E-state index is 12.1. The molecule has 1 aromatic carbocycles. The SMILES string of the molecule is COc1cc(Nc2ccc(NC(=O)c3cccnc3)cn2)c(OC)cc1Cl. The van der Waals surface area contributed by atoms with Crippen molar-refractivity contribution in [1.82, 2.24) is 9.97 Å². The number of rotatable bonds is 6. The summed E-state index contributed by atoms with van der Waals surface area (Å²) in [4.78, 5) is 20.4. The van der Waals surface area contributed by atoms with Crippen molar-refractivity contribution in [3.8, 4) is 11.5 Å². The Kier molecular flexibility index (Phi) is 5.73. The summed E-state index contributed by atoms with van der Waals surface area (Å²) in [5, 5.41) is 6.35. The second-order valence-corrected chi connectivity index (χ2v) is 5.85. The van der Waals surface area contributed by atoms with Crippen molar-refractivity contribution >= 4 is 34.7 Å². The first-order valence-corrected chi connectivity index (χ1v) is 8.34. The number of hydrogen-bond acceptors (Lipinski definition) is 6. The molecule has 2 N–H and O–H groups in total. The molecule has 138 valence electrons. The van der Waals surface area contributed by atoms with Gasteiger partial charge >= 0.3 is 0 Å². The third kappa shape index (κ3) is 4.45. The highest BCUT2D eigenvalue weighted by Crippen LogP contribution is 2.37. The third-order valence-electron chi connectivity index (χ3n) is 3.68. The highest BCUT2D eigenvalue weighted by atomic mass is 35.5. The normalized spacial score (nSPS) is 10.2. The van der Waals surface area contributed by atoms with Gasteiger partial charge in [-0.3, -0.25) is 9.78 Å². The Labute approximate surface area is 161 Å². The molecule has 1 amide bonds. The molecule has 0 radical (unpaired) electrons. The van der Waals surface area contributed by atoms with Gasteiger partial charge in [-0.15, -0.1) is 0 Å². The molecule has 2 aromatic heterocycles. The van der Waals surface area contributed by atoms with Crippen LogP contribution in [0.1, 0.15) is 10.4 Å². The van der Waals surface area contributed by atoms with E-state index < -0.39 is 0 Å². The Morgan fingerprint density at radius 2 is 1.89 bits per heavy atom. The van der Waals surface area contributed by atoms with E-state index in [0.29, 0.717) is 39.3 Å². The minimum Gasteiger partial charge on any atom is -0.495 e. The molecule has 0 unspecified atom stereocenters. The number of nitrogens with one attached hydrogen (secondary N) is 2. The number of halogens is 1. The predicted molar refractivity (Wildman–Crippen MR) is 104 cm³/mol. The minimum absolute atomic E-state index is 0.255. The van der Waals surface area contributed by atoms with Gasteiger partial charge in [-0.2, -0.15) is 0 Å². The third-order valence-corrected chi connectivity index (χ3v) is 3.98. The van der Waals surface area contributed by atoms with Crippen LogP contribution in [0.4, 0.5) is 17.2 Å². The van der Waals surface area contributed by atoms with Gasteiger partial charge in [0.25, 0.3) is 5.91 Å². The molecule has 0 saturated heterocycles. The van der Waals surface area contributed by atoms with Crippen molar-refractivity contribution in [3.05, 3.63) is 65.6 Å². The van der Waals surface area contributed by atoms with Gasteiger partial charge in [-0.05, 0) is 24.3 Å². The van der Waals surface area contributed by atoms with E-state index in [1.165, 1.54) is 13.3 Å². The van der Waals surface area contributed by atoms with Crippen LogP contribution in [0.2, 0.25) is 5.02 Å². The molecule has 0 aliphatic heterocycles. The lowest BCUT2D eigenvalue weighted by atomic mass is 10.2. The molecule has 0 bridgehead atoms. The Balaban J connectivity index is 1.74. The van der Waals surface area contributed by atoms with Crippen molar-refractivity contribution in [3.63, 3.8) is 0 Å². The quantitative estimate of drug-likeness (QED) is 0.664. The van der Waals surface area contributed by atoms with Gasteiger partial charge in [-0.1, -0.05) is 11.6 Å². The Morgan fingerprint density at radius 3 is 2.52 bits per heavy atom. The fourth-order valence-corrected chi connectivity index (χ4v) is 2.57. The van der Waals surface area contributed by atoms with E-state index >= 15 is 0 Å². The second-order valence-electron chi connectivity index (χ2n) is 5.44. The van der Waals surface area contributed by atoms with Crippen molar-refractivity contribution in [2.75, 3.05) is 24.9 Å². The topological polar surface area (TPSA) is 85.4 Å². The van der Waals surface area contributed by atoms with Gasteiger partial charge in [-0.25, -0.2) is 4.98 Å². The number of ether oxygens (including phenoxy) is 2. The van der Waals surface area contributed by atoms with Crippen molar-refractivity contribution in [1.29, 1.82) is 0 Å². The van der Waals surface area contributed by atoms with Crippen LogP contribution in [0.15, 0.2) is 55.0 Å². The highest BCUT2D eigenvalue weighted by molar-refractivity contribution is 6.32. The Bertz CT molecular complexity index is 934. The zero-order valence-corrected chi connectivity index (χ0v) is 15.4. The van der Waals surface area contributed by atoms with Crippen LogP contribution in [-0.2, 0) is 0 Å². The first-order chi connectivity index (χ1) is 13.1. The van der Waals surface area contributed by atoms with Crippen LogP contribution in [0, 0.1) is 0 Å². The first kappa shape index (κ1) is 18.5. The average molecular weight is 385 g/mol. The molecule has 0 saturated carbocycles. The summed E-state index contributed by atoms with van der Waals surface area (Å²) in [7, 11) is 3.09. The summed E-state index contributed by atoms with van der Waals surface area (Å²) < 4.78 is 10.6. The standard InChI is InChI=1S/C19H17ClN4O3/c1-26-16-9-15(17(27-2)8-14(16)20)24-18-6-5-13(11-22-18)23-19(25)12-4-3-7-21-10-12/h3-11H,1-2H3,(H,22,24)(H,23,25). The van der Waals surface area contributed by atoms with E-state index in [-0.39, 0.29) is 5.91 Å². The van der Waals surface area contributed by atoms with E-state index in [2.05, 4.69) is 20.6 Å².